The third kappa shape index (κ3) is 2.58. The number of rotatable bonds is 4. The molecule has 0 unspecified atom stereocenters. The van der Waals surface area contributed by atoms with E-state index in [1.165, 1.54) is 0 Å². The Hall–Kier alpha value is -1.32. The number of aromatic nitrogens is 1. The van der Waals surface area contributed by atoms with Gasteiger partial charge in [-0.25, -0.2) is 4.98 Å². The van der Waals surface area contributed by atoms with Crippen molar-refractivity contribution in [2.75, 3.05) is 6.54 Å². The molecule has 0 saturated heterocycles. The third-order valence-corrected chi connectivity index (χ3v) is 1.93. The van der Waals surface area contributed by atoms with E-state index in [9.17, 15) is 4.79 Å². The lowest BCUT2D eigenvalue weighted by atomic mass is 10.3. The summed E-state index contributed by atoms with van der Waals surface area (Å²) in [5, 5.41) is 2.78. The Bertz CT molecular complexity index is 318. The maximum atomic E-state index is 11.5. The average molecular weight is 196 g/mol. The van der Waals surface area contributed by atoms with E-state index in [-0.39, 0.29) is 5.91 Å². The number of nitrogens with one attached hydrogen (secondary N) is 1. The first-order valence-corrected chi connectivity index (χ1v) is 4.87. The van der Waals surface area contributed by atoms with Crippen LogP contribution in [-0.4, -0.2) is 17.4 Å². The summed E-state index contributed by atoms with van der Waals surface area (Å²) in [5.74, 6) is 0.693. The SMILES string of the molecule is CCCCNC(=O)c1oc(C)nc1C. The minimum Gasteiger partial charge on any atom is -0.436 e. The first kappa shape index (κ1) is 10.8. The molecular weight excluding hydrogens is 180 g/mol. The summed E-state index contributed by atoms with van der Waals surface area (Å²) in [6.07, 6.45) is 2.05. The maximum absolute atomic E-state index is 11.5. The Balaban J connectivity index is 2.56. The number of unbranched alkanes of at least 4 members (excludes halogenated alkanes) is 1. The summed E-state index contributed by atoms with van der Waals surface area (Å²) < 4.78 is 5.18. The van der Waals surface area contributed by atoms with Crippen LogP contribution in [-0.2, 0) is 0 Å². The highest BCUT2D eigenvalue weighted by Gasteiger charge is 2.14. The molecule has 4 nitrogen and oxygen atoms in total. The predicted octanol–water partition coefficient (Wildman–Crippen LogP) is 1.82. The Kier molecular flexibility index (Phi) is 3.68. The summed E-state index contributed by atoms with van der Waals surface area (Å²) in [6, 6.07) is 0. The van der Waals surface area contributed by atoms with Gasteiger partial charge in [-0.3, -0.25) is 4.79 Å². The lowest BCUT2D eigenvalue weighted by molar-refractivity contribution is 0.0923. The van der Waals surface area contributed by atoms with Crippen LogP contribution in [0, 0.1) is 13.8 Å². The first-order chi connectivity index (χ1) is 6.65. The van der Waals surface area contributed by atoms with E-state index < -0.39 is 0 Å². The molecule has 1 rings (SSSR count). The minimum absolute atomic E-state index is 0.170. The molecule has 0 aromatic carbocycles. The number of oxazole rings is 1. The van der Waals surface area contributed by atoms with Gasteiger partial charge in [0.05, 0.1) is 5.69 Å². The van der Waals surface area contributed by atoms with Crippen molar-refractivity contribution in [3.63, 3.8) is 0 Å². The van der Waals surface area contributed by atoms with Crippen molar-refractivity contribution in [3.05, 3.63) is 17.3 Å². The standard InChI is InChI=1S/C10H16N2O2/c1-4-5-6-11-10(13)9-7(2)12-8(3)14-9/h4-6H2,1-3H3,(H,11,13). The van der Waals surface area contributed by atoms with Crippen LogP contribution in [0.4, 0.5) is 0 Å². The van der Waals surface area contributed by atoms with Gasteiger partial charge in [-0.1, -0.05) is 13.3 Å². The molecule has 0 aliphatic carbocycles. The maximum Gasteiger partial charge on any atom is 0.289 e. The van der Waals surface area contributed by atoms with E-state index in [1.54, 1.807) is 13.8 Å². The fourth-order valence-corrected chi connectivity index (χ4v) is 1.20. The number of hydrogen-bond acceptors (Lipinski definition) is 3. The second-order valence-corrected chi connectivity index (χ2v) is 3.26. The molecule has 1 amide bonds. The van der Waals surface area contributed by atoms with Crippen molar-refractivity contribution in [1.29, 1.82) is 0 Å². The van der Waals surface area contributed by atoms with Gasteiger partial charge in [-0.05, 0) is 13.3 Å². The molecular formula is C10H16N2O2. The molecule has 14 heavy (non-hydrogen) atoms. The van der Waals surface area contributed by atoms with Crippen molar-refractivity contribution in [2.24, 2.45) is 0 Å². The zero-order valence-electron chi connectivity index (χ0n) is 8.89. The van der Waals surface area contributed by atoms with Gasteiger partial charge in [0.25, 0.3) is 5.91 Å². The Morgan fingerprint density at radius 1 is 1.50 bits per heavy atom. The van der Waals surface area contributed by atoms with Crippen LogP contribution in [0.1, 0.15) is 41.9 Å². The zero-order chi connectivity index (χ0) is 10.6. The largest absolute Gasteiger partial charge is 0.436 e. The van der Waals surface area contributed by atoms with Crippen LogP contribution in [0.2, 0.25) is 0 Å². The zero-order valence-corrected chi connectivity index (χ0v) is 8.89. The summed E-state index contributed by atoms with van der Waals surface area (Å²) >= 11 is 0. The molecule has 1 aromatic rings. The topological polar surface area (TPSA) is 55.1 Å². The van der Waals surface area contributed by atoms with E-state index in [2.05, 4.69) is 17.2 Å². The Morgan fingerprint density at radius 3 is 2.71 bits per heavy atom. The third-order valence-electron chi connectivity index (χ3n) is 1.93. The second kappa shape index (κ2) is 4.79. The smallest absolute Gasteiger partial charge is 0.289 e. The lowest BCUT2D eigenvalue weighted by Gasteiger charge is -2.00. The van der Waals surface area contributed by atoms with Crippen molar-refractivity contribution in [2.45, 2.75) is 33.6 Å². The molecule has 1 N–H and O–H groups in total. The van der Waals surface area contributed by atoms with Crippen molar-refractivity contribution in [3.8, 4) is 0 Å². The molecule has 0 fully saturated rings. The molecule has 0 aliphatic heterocycles. The van der Waals surface area contributed by atoms with E-state index in [4.69, 9.17) is 4.42 Å². The fraction of sp³-hybridized carbons (Fsp3) is 0.600. The number of aryl methyl sites for hydroxylation is 2. The molecule has 0 saturated carbocycles. The Labute approximate surface area is 83.7 Å². The number of hydrogen-bond donors (Lipinski definition) is 1. The molecule has 1 aromatic heterocycles. The average Bonchev–Trinajstić information content (AvgIpc) is 2.45. The van der Waals surface area contributed by atoms with Gasteiger partial charge < -0.3 is 9.73 Å². The summed E-state index contributed by atoms with van der Waals surface area (Å²) in [5.41, 5.74) is 0.650. The van der Waals surface area contributed by atoms with Gasteiger partial charge in [0.15, 0.2) is 5.89 Å². The van der Waals surface area contributed by atoms with Crippen molar-refractivity contribution < 1.29 is 9.21 Å². The van der Waals surface area contributed by atoms with Crippen LogP contribution < -0.4 is 5.32 Å². The molecule has 0 atom stereocenters. The van der Waals surface area contributed by atoms with Crippen LogP contribution >= 0.6 is 0 Å². The van der Waals surface area contributed by atoms with Gasteiger partial charge in [0.2, 0.25) is 5.76 Å². The van der Waals surface area contributed by atoms with E-state index in [0.717, 1.165) is 12.8 Å². The highest BCUT2D eigenvalue weighted by Crippen LogP contribution is 2.08. The summed E-state index contributed by atoms with van der Waals surface area (Å²) in [7, 11) is 0. The number of carbonyl (C=O) groups excluding carboxylic acids is 1. The predicted molar refractivity (Wildman–Crippen MR) is 53.2 cm³/mol. The normalized spacial score (nSPS) is 10.2. The van der Waals surface area contributed by atoms with Gasteiger partial charge >= 0.3 is 0 Å². The first-order valence-electron chi connectivity index (χ1n) is 4.87. The molecule has 4 heteroatoms. The number of nitrogens with zero attached hydrogens (tertiary/aromatic N) is 1. The quantitative estimate of drug-likeness (QED) is 0.747. The molecule has 0 radical (unpaired) electrons. The Morgan fingerprint density at radius 2 is 2.21 bits per heavy atom. The molecule has 78 valence electrons. The summed E-state index contributed by atoms with van der Waals surface area (Å²) in [4.78, 5) is 15.5. The minimum atomic E-state index is -0.170. The van der Waals surface area contributed by atoms with E-state index in [0.29, 0.717) is 23.9 Å². The van der Waals surface area contributed by atoms with Crippen LogP contribution in [0.25, 0.3) is 0 Å². The molecule has 0 aliphatic rings. The second-order valence-electron chi connectivity index (χ2n) is 3.26. The van der Waals surface area contributed by atoms with Gasteiger partial charge in [0.1, 0.15) is 0 Å². The van der Waals surface area contributed by atoms with Crippen LogP contribution in [0.15, 0.2) is 4.42 Å². The number of amides is 1. The van der Waals surface area contributed by atoms with E-state index in [1.807, 2.05) is 0 Å². The summed E-state index contributed by atoms with van der Waals surface area (Å²) in [6.45, 7) is 6.27. The lowest BCUT2D eigenvalue weighted by Crippen LogP contribution is -2.24. The van der Waals surface area contributed by atoms with Crippen LogP contribution in [0.3, 0.4) is 0 Å². The van der Waals surface area contributed by atoms with Gasteiger partial charge in [-0.15, -0.1) is 0 Å². The molecule has 0 spiro atoms. The highest BCUT2D eigenvalue weighted by atomic mass is 16.4. The fourth-order valence-electron chi connectivity index (χ4n) is 1.20. The van der Waals surface area contributed by atoms with Crippen molar-refractivity contribution >= 4 is 5.91 Å². The van der Waals surface area contributed by atoms with Crippen LogP contribution in [0.5, 0.6) is 0 Å². The van der Waals surface area contributed by atoms with Gasteiger partial charge in [0, 0.05) is 13.5 Å². The highest BCUT2D eigenvalue weighted by molar-refractivity contribution is 5.92. The molecule has 1 heterocycles. The molecule has 0 bridgehead atoms. The van der Waals surface area contributed by atoms with E-state index >= 15 is 0 Å². The van der Waals surface area contributed by atoms with Gasteiger partial charge in [-0.2, -0.15) is 0 Å². The number of carbonyl (C=O) groups is 1. The monoisotopic (exact) mass is 196 g/mol. The van der Waals surface area contributed by atoms with Crippen molar-refractivity contribution in [1.82, 2.24) is 10.3 Å².